The Bertz CT molecular complexity index is 493. The van der Waals surface area contributed by atoms with Crippen molar-refractivity contribution in [1.29, 1.82) is 0 Å². The maximum Gasteiger partial charge on any atom is 0.319 e. The number of anilines is 1. The molecule has 21 heavy (non-hydrogen) atoms. The third-order valence-corrected chi connectivity index (χ3v) is 3.52. The summed E-state index contributed by atoms with van der Waals surface area (Å²) in [5, 5.41) is 5.90. The Balaban J connectivity index is 1.85. The Morgan fingerprint density at radius 1 is 1.33 bits per heavy atom. The fraction of sp³-hybridized carbons (Fsp3) is 0.471. The third kappa shape index (κ3) is 5.50. The van der Waals surface area contributed by atoms with Crippen molar-refractivity contribution in [2.24, 2.45) is 0 Å². The maximum absolute atomic E-state index is 12.0. The van der Waals surface area contributed by atoms with Crippen LogP contribution in [-0.4, -0.2) is 18.7 Å². The summed E-state index contributed by atoms with van der Waals surface area (Å²) in [4.78, 5) is 12.0. The van der Waals surface area contributed by atoms with Crippen molar-refractivity contribution in [2.75, 3.05) is 11.9 Å². The van der Waals surface area contributed by atoms with Gasteiger partial charge in [0.05, 0.1) is 0 Å². The molecule has 0 saturated heterocycles. The first-order valence-corrected chi connectivity index (χ1v) is 7.58. The topological polar surface area (TPSA) is 50.4 Å². The predicted octanol–water partition coefficient (Wildman–Crippen LogP) is 4.10. The van der Waals surface area contributed by atoms with E-state index in [0.717, 1.165) is 29.9 Å². The van der Waals surface area contributed by atoms with Crippen LogP contribution in [0.3, 0.4) is 0 Å². The zero-order valence-electron chi connectivity index (χ0n) is 12.7. The van der Waals surface area contributed by atoms with Crippen molar-refractivity contribution in [3.05, 3.63) is 36.4 Å². The molecular formula is C17H24N2O2. The SMILES string of the molecule is C=C(C)COc1cccc(NC(=O)NC2CCCCC2)c1. The van der Waals surface area contributed by atoms with Gasteiger partial charge in [0.15, 0.2) is 0 Å². The van der Waals surface area contributed by atoms with E-state index in [4.69, 9.17) is 4.74 Å². The molecule has 1 aliphatic rings. The molecule has 1 saturated carbocycles. The molecule has 1 fully saturated rings. The van der Waals surface area contributed by atoms with Crippen LogP contribution < -0.4 is 15.4 Å². The fourth-order valence-corrected chi connectivity index (χ4v) is 2.47. The molecule has 2 amide bonds. The summed E-state index contributed by atoms with van der Waals surface area (Å²) in [7, 11) is 0. The number of rotatable bonds is 5. The first-order chi connectivity index (χ1) is 10.1. The van der Waals surface area contributed by atoms with Crippen LogP contribution in [0.1, 0.15) is 39.0 Å². The molecule has 114 valence electrons. The lowest BCUT2D eigenvalue weighted by Crippen LogP contribution is -2.38. The van der Waals surface area contributed by atoms with Crippen LogP contribution >= 0.6 is 0 Å². The second kappa shape index (κ2) is 7.72. The van der Waals surface area contributed by atoms with Gasteiger partial charge in [-0.2, -0.15) is 0 Å². The Morgan fingerprint density at radius 2 is 2.10 bits per heavy atom. The summed E-state index contributed by atoms with van der Waals surface area (Å²) in [5.74, 6) is 0.730. The minimum atomic E-state index is -0.140. The van der Waals surface area contributed by atoms with Gasteiger partial charge in [0.25, 0.3) is 0 Å². The maximum atomic E-state index is 12.0. The lowest BCUT2D eigenvalue weighted by molar-refractivity contribution is 0.244. The van der Waals surface area contributed by atoms with E-state index < -0.39 is 0 Å². The van der Waals surface area contributed by atoms with Gasteiger partial charge in [0.2, 0.25) is 0 Å². The summed E-state index contributed by atoms with van der Waals surface area (Å²) in [6.07, 6.45) is 5.84. The van der Waals surface area contributed by atoms with Crippen molar-refractivity contribution in [3.63, 3.8) is 0 Å². The molecule has 1 aromatic rings. The van der Waals surface area contributed by atoms with Crippen molar-refractivity contribution in [1.82, 2.24) is 5.32 Å². The smallest absolute Gasteiger partial charge is 0.319 e. The highest BCUT2D eigenvalue weighted by Gasteiger charge is 2.15. The number of urea groups is 1. The van der Waals surface area contributed by atoms with E-state index in [2.05, 4.69) is 17.2 Å². The molecular weight excluding hydrogens is 264 g/mol. The number of hydrogen-bond donors (Lipinski definition) is 2. The number of amides is 2. The van der Waals surface area contributed by atoms with Crippen LogP contribution in [0.15, 0.2) is 36.4 Å². The highest BCUT2D eigenvalue weighted by Crippen LogP contribution is 2.19. The summed E-state index contributed by atoms with van der Waals surface area (Å²) in [6.45, 7) is 6.20. The summed E-state index contributed by atoms with van der Waals surface area (Å²) in [6, 6.07) is 7.58. The van der Waals surface area contributed by atoms with Gasteiger partial charge < -0.3 is 15.4 Å². The molecule has 4 heteroatoms. The minimum absolute atomic E-state index is 0.140. The normalized spacial score (nSPS) is 15.3. The molecule has 2 N–H and O–H groups in total. The van der Waals surface area contributed by atoms with Gasteiger partial charge in [-0.3, -0.25) is 0 Å². The van der Waals surface area contributed by atoms with E-state index in [0.29, 0.717) is 12.6 Å². The van der Waals surface area contributed by atoms with Crippen LogP contribution in [-0.2, 0) is 0 Å². The monoisotopic (exact) mass is 288 g/mol. The fourth-order valence-electron chi connectivity index (χ4n) is 2.47. The Kier molecular flexibility index (Phi) is 5.67. The zero-order chi connectivity index (χ0) is 15.1. The second-order valence-electron chi connectivity index (χ2n) is 5.71. The van der Waals surface area contributed by atoms with Crippen molar-refractivity contribution in [3.8, 4) is 5.75 Å². The van der Waals surface area contributed by atoms with E-state index in [-0.39, 0.29) is 6.03 Å². The molecule has 4 nitrogen and oxygen atoms in total. The number of nitrogens with one attached hydrogen (secondary N) is 2. The molecule has 0 atom stereocenters. The zero-order valence-corrected chi connectivity index (χ0v) is 12.7. The predicted molar refractivity (Wildman–Crippen MR) is 85.8 cm³/mol. The molecule has 0 aromatic heterocycles. The average molecular weight is 288 g/mol. The van der Waals surface area contributed by atoms with Gasteiger partial charge in [-0.05, 0) is 37.5 Å². The van der Waals surface area contributed by atoms with Gasteiger partial charge in [-0.25, -0.2) is 4.79 Å². The number of hydrogen-bond acceptors (Lipinski definition) is 2. The molecule has 1 aliphatic carbocycles. The van der Waals surface area contributed by atoms with Crippen LogP contribution in [0, 0.1) is 0 Å². The van der Waals surface area contributed by atoms with Gasteiger partial charge in [0, 0.05) is 17.8 Å². The molecule has 0 bridgehead atoms. The minimum Gasteiger partial charge on any atom is -0.489 e. The Morgan fingerprint density at radius 3 is 2.81 bits per heavy atom. The van der Waals surface area contributed by atoms with Gasteiger partial charge in [-0.1, -0.05) is 31.9 Å². The largest absolute Gasteiger partial charge is 0.489 e. The quantitative estimate of drug-likeness (QED) is 0.802. The van der Waals surface area contributed by atoms with Crippen LogP contribution in [0.4, 0.5) is 10.5 Å². The van der Waals surface area contributed by atoms with Crippen LogP contribution in [0.25, 0.3) is 0 Å². The molecule has 0 heterocycles. The number of carbonyl (C=O) groups excluding carboxylic acids is 1. The van der Waals surface area contributed by atoms with Gasteiger partial charge >= 0.3 is 6.03 Å². The Labute approximate surface area is 126 Å². The standard InChI is InChI=1S/C17H24N2O2/c1-13(2)12-21-16-10-6-9-15(11-16)19-17(20)18-14-7-4-3-5-8-14/h6,9-11,14H,1,3-5,7-8,12H2,2H3,(H2,18,19,20). The number of ether oxygens (including phenoxy) is 1. The lowest BCUT2D eigenvalue weighted by Gasteiger charge is -2.22. The molecule has 0 spiro atoms. The highest BCUT2D eigenvalue weighted by molar-refractivity contribution is 5.89. The molecule has 2 rings (SSSR count). The summed E-state index contributed by atoms with van der Waals surface area (Å²) in [5.41, 5.74) is 1.70. The summed E-state index contributed by atoms with van der Waals surface area (Å²) >= 11 is 0. The average Bonchev–Trinajstić information content (AvgIpc) is 2.46. The van der Waals surface area contributed by atoms with Crippen LogP contribution in [0.5, 0.6) is 5.75 Å². The molecule has 0 aliphatic heterocycles. The molecule has 0 radical (unpaired) electrons. The van der Waals surface area contributed by atoms with E-state index in [1.807, 2.05) is 31.2 Å². The Hall–Kier alpha value is -1.97. The second-order valence-corrected chi connectivity index (χ2v) is 5.71. The van der Waals surface area contributed by atoms with Crippen LogP contribution in [0.2, 0.25) is 0 Å². The highest BCUT2D eigenvalue weighted by atomic mass is 16.5. The van der Waals surface area contributed by atoms with E-state index >= 15 is 0 Å². The van der Waals surface area contributed by atoms with Gasteiger partial charge in [0.1, 0.15) is 12.4 Å². The van der Waals surface area contributed by atoms with E-state index in [9.17, 15) is 4.79 Å². The first-order valence-electron chi connectivity index (χ1n) is 7.58. The van der Waals surface area contributed by atoms with Gasteiger partial charge in [-0.15, -0.1) is 0 Å². The van der Waals surface area contributed by atoms with Crippen molar-refractivity contribution in [2.45, 2.75) is 45.1 Å². The van der Waals surface area contributed by atoms with E-state index in [1.54, 1.807) is 0 Å². The first kappa shape index (κ1) is 15.4. The van der Waals surface area contributed by atoms with Crippen molar-refractivity contribution >= 4 is 11.7 Å². The third-order valence-electron chi connectivity index (χ3n) is 3.52. The van der Waals surface area contributed by atoms with E-state index in [1.165, 1.54) is 19.3 Å². The number of benzene rings is 1. The summed E-state index contributed by atoms with van der Waals surface area (Å²) < 4.78 is 5.57. The number of carbonyl (C=O) groups is 1. The van der Waals surface area contributed by atoms with Crippen molar-refractivity contribution < 1.29 is 9.53 Å². The molecule has 0 unspecified atom stereocenters. The lowest BCUT2D eigenvalue weighted by atomic mass is 9.96. The molecule has 1 aromatic carbocycles.